The van der Waals surface area contributed by atoms with Gasteiger partial charge in [0.25, 0.3) is 0 Å². The summed E-state index contributed by atoms with van der Waals surface area (Å²) in [6.45, 7) is 1.32. The summed E-state index contributed by atoms with van der Waals surface area (Å²) in [7, 11) is 0. The Morgan fingerprint density at radius 3 is 3.10 bits per heavy atom. The zero-order chi connectivity index (χ0) is 6.97. The predicted octanol–water partition coefficient (Wildman–Crippen LogP) is 0.314. The SMILES string of the molecule is N#C[C@@H]1COC2CCO[C@@H]21. The van der Waals surface area contributed by atoms with Crippen molar-refractivity contribution in [2.75, 3.05) is 13.2 Å². The van der Waals surface area contributed by atoms with Crippen LogP contribution in [0.15, 0.2) is 0 Å². The number of hydrogen-bond donors (Lipinski definition) is 0. The van der Waals surface area contributed by atoms with E-state index in [2.05, 4.69) is 6.07 Å². The largest absolute Gasteiger partial charge is 0.374 e. The van der Waals surface area contributed by atoms with Gasteiger partial charge in [0.15, 0.2) is 0 Å². The molecule has 2 fully saturated rings. The van der Waals surface area contributed by atoms with Crippen molar-refractivity contribution in [1.82, 2.24) is 0 Å². The highest BCUT2D eigenvalue weighted by molar-refractivity contribution is 4.99. The van der Waals surface area contributed by atoms with Crippen molar-refractivity contribution in [1.29, 1.82) is 5.26 Å². The van der Waals surface area contributed by atoms with E-state index < -0.39 is 0 Å². The van der Waals surface area contributed by atoms with Gasteiger partial charge in [-0.3, -0.25) is 0 Å². The van der Waals surface area contributed by atoms with Gasteiger partial charge in [0.05, 0.1) is 24.7 Å². The fourth-order valence-corrected chi connectivity index (χ4v) is 1.58. The van der Waals surface area contributed by atoms with Crippen LogP contribution in [0.5, 0.6) is 0 Å². The minimum atomic E-state index is -0.0208. The molecule has 0 aromatic carbocycles. The lowest BCUT2D eigenvalue weighted by Gasteiger charge is -2.06. The molecule has 3 atom stereocenters. The summed E-state index contributed by atoms with van der Waals surface area (Å²) in [5.41, 5.74) is 0. The van der Waals surface area contributed by atoms with E-state index in [1.54, 1.807) is 0 Å². The molecule has 0 spiro atoms. The van der Waals surface area contributed by atoms with Crippen LogP contribution in [0, 0.1) is 17.2 Å². The standard InChI is InChI=1S/C7H9NO2/c8-3-5-4-10-6-1-2-9-7(5)6/h5-7H,1-2,4H2/t5-,6?,7-/m1/s1. The van der Waals surface area contributed by atoms with Crippen LogP contribution in [-0.4, -0.2) is 25.4 Å². The maximum Gasteiger partial charge on any atom is 0.102 e. The molecule has 2 saturated heterocycles. The predicted molar refractivity (Wildman–Crippen MR) is 33.2 cm³/mol. The molecule has 1 unspecified atom stereocenters. The molecule has 2 aliphatic rings. The quantitative estimate of drug-likeness (QED) is 0.485. The summed E-state index contributed by atoms with van der Waals surface area (Å²) in [6, 6.07) is 2.19. The molecule has 0 saturated carbocycles. The number of nitrogens with zero attached hydrogens (tertiary/aromatic N) is 1. The van der Waals surface area contributed by atoms with E-state index in [4.69, 9.17) is 14.7 Å². The van der Waals surface area contributed by atoms with Crippen LogP contribution in [0.4, 0.5) is 0 Å². The maximum atomic E-state index is 8.60. The van der Waals surface area contributed by atoms with E-state index in [9.17, 15) is 0 Å². The molecule has 10 heavy (non-hydrogen) atoms. The molecule has 3 nitrogen and oxygen atoms in total. The first-order valence-corrected chi connectivity index (χ1v) is 3.54. The number of nitriles is 1. The maximum absolute atomic E-state index is 8.60. The molecule has 2 heterocycles. The zero-order valence-corrected chi connectivity index (χ0v) is 5.62. The Kier molecular flexibility index (Phi) is 1.37. The highest BCUT2D eigenvalue weighted by Crippen LogP contribution is 2.29. The molecular formula is C7H9NO2. The van der Waals surface area contributed by atoms with Crippen LogP contribution in [0.2, 0.25) is 0 Å². The average Bonchev–Trinajstić information content (AvgIpc) is 2.44. The van der Waals surface area contributed by atoms with Gasteiger partial charge in [-0.1, -0.05) is 0 Å². The smallest absolute Gasteiger partial charge is 0.102 e. The van der Waals surface area contributed by atoms with E-state index >= 15 is 0 Å². The van der Waals surface area contributed by atoms with E-state index in [1.165, 1.54) is 0 Å². The van der Waals surface area contributed by atoms with E-state index in [0.29, 0.717) is 6.61 Å². The lowest BCUT2D eigenvalue weighted by Crippen LogP contribution is -2.21. The second kappa shape index (κ2) is 2.22. The number of hydrogen-bond acceptors (Lipinski definition) is 3. The monoisotopic (exact) mass is 139 g/mol. The molecule has 2 rings (SSSR count). The molecule has 0 N–H and O–H groups in total. The van der Waals surface area contributed by atoms with Crippen molar-refractivity contribution < 1.29 is 9.47 Å². The fourth-order valence-electron chi connectivity index (χ4n) is 1.58. The van der Waals surface area contributed by atoms with Gasteiger partial charge < -0.3 is 9.47 Å². The first-order chi connectivity index (χ1) is 4.92. The minimum Gasteiger partial charge on any atom is -0.374 e. The van der Waals surface area contributed by atoms with Crippen molar-refractivity contribution in [2.45, 2.75) is 18.6 Å². The van der Waals surface area contributed by atoms with Gasteiger partial charge in [0.2, 0.25) is 0 Å². The van der Waals surface area contributed by atoms with E-state index in [0.717, 1.165) is 13.0 Å². The van der Waals surface area contributed by atoms with Crippen LogP contribution in [0.1, 0.15) is 6.42 Å². The molecule has 0 aromatic rings. The molecular weight excluding hydrogens is 130 g/mol. The lowest BCUT2D eigenvalue weighted by atomic mass is 10.0. The molecule has 0 amide bonds. The normalized spacial score (nSPS) is 44.9. The van der Waals surface area contributed by atoms with Crippen molar-refractivity contribution in [3.05, 3.63) is 0 Å². The summed E-state index contributed by atoms with van der Waals surface area (Å²) in [5.74, 6) is -0.0208. The molecule has 0 bridgehead atoms. The average molecular weight is 139 g/mol. The third-order valence-corrected chi connectivity index (χ3v) is 2.13. The number of fused-ring (bicyclic) bond motifs is 1. The van der Waals surface area contributed by atoms with E-state index in [1.807, 2.05) is 0 Å². The van der Waals surface area contributed by atoms with Crippen LogP contribution >= 0.6 is 0 Å². The van der Waals surface area contributed by atoms with Gasteiger partial charge in [0.1, 0.15) is 6.10 Å². The fraction of sp³-hybridized carbons (Fsp3) is 0.857. The highest BCUT2D eigenvalue weighted by Gasteiger charge is 2.41. The van der Waals surface area contributed by atoms with Crippen molar-refractivity contribution in [3.8, 4) is 6.07 Å². The molecule has 0 aliphatic carbocycles. The summed E-state index contributed by atoms with van der Waals surface area (Å²) < 4.78 is 10.7. The van der Waals surface area contributed by atoms with Crippen LogP contribution < -0.4 is 0 Å². The summed E-state index contributed by atoms with van der Waals surface area (Å²) >= 11 is 0. The Hall–Kier alpha value is -0.590. The minimum absolute atomic E-state index is 0.0208. The first-order valence-electron chi connectivity index (χ1n) is 3.54. The summed E-state index contributed by atoms with van der Waals surface area (Å²) in [6.07, 6.45) is 1.25. The van der Waals surface area contributed by atoms with E-state index in [-0.39, 0.29) is 18.1 Å². The Balaban J connectivity index is 2.10. The van der Waals surface area contributed by atoms with Crippen molar-refractivity contribution >= 4 is 0 Å². The van der Waals surface area contributed by atoms with Gasteiger partial charge in [-0.25, -0.2) is 0 Å². The topological polar surface area (TPSA) is 42.2 Å². The van der Waals surface area contributed by atoms with Gasteiger partial charge in [0, 0.05) is 6.61 Å². The van der Waals surface area contributed by atoms with Gasteiger partial charge in [-0.15, -0.1) is 0 Å². The second-order valence-electron chi connectivity index (χ2n) is 2.73. The summed E-state index contributed by atoms with van der Waals surface area (Å²) in [5, 5.41) is 8.60. The Bertz CT molecular complexity index is 175. The Labute approximate surface area is 59.5 Å². The number of ether oxygens (including phenoxy) is 2. The Morgan fingerprint density at radius 1 is 1.40 bits per heavy atom. The molecule has 54 valence electrons. The number of rotatable bonds is 0. The van der Waals surface area contributed by atoms with Crippen molar-refractivity contribution in [2.24, 2.45) is 5.92 Å². The summed E-state index contributed by atoms with van der Waals surface area (Å²) in [4.78, 5) is 0. The third-order valence-electron chi connectivity index (χ3n) is 2.13. The lowest BCUT2D eigenvalue weighted by molar-refractivity contribution is 0.0690. The zero-order valence-electron chi connectivity index (χ0n) is 5.62. The van der Waals surface area contributed by atoms with Crippen LogP contribution in [0.3, 0.4) is 0 Å². The second-order valence-corrected chi connectivity index (χ2v) is 2.73. The first kappa shape index (κ1) is 6.14. The van der Waals surface area contributed by atoms with Gasteiger partial charge >= 0.3 is 0 Å². The molecule has 2 aliphatic heterocycles. The molecule has 0 radical (unpaired) electrons. The molecule has 3 heteroatoms. The van der Waals surface area contributed by atoms with Crippen LogP contribution in [-0.2, 0) is 9.47 Å². The Morgan fingerprint density at radius 2 is 2.30 bits per heavy atom. The van der Waals surface area contributed by atoms with Gasteiger partial charge in [-0.2, -0.15) is 5.26 Å². The van der Waals surface area contributed by atoms with Crippen molar-refractivity contribution in [3.63, 3.8) is 0 Å². The highest BCUT2D eigenvalue weighted by atomic mass is 16.6. The molecule has 0 aromatic heterocycles. The van der Waals surface area contributed by atoms with Crippen LogP contribution in [0.25, 0.3) is 0 Å². The third kappa shape index (κ3) is 0.731. The van der Waals surface area contributed by atoms with Gasteiger partial charge in [-0.05, 0) is 6.42 Å².